The van der Waals surface area contributed by atoms with E-state index in [0.29, 0.717) is 12.8 Å². The molecule has 1 aromatic carbocycles. The van der Waals surface area contributed by atoms with Gasteiger partial charge in [0.25, 0.3) is 0 Å². The zero-order valence-electron chi connectivity index (χ0n) is 17.9. The van der Waals surface area contributed by atoms with Crippen LogP contribution in [0.3, 0.4) is 0 Å². The molecule has 0 saturated carbocycles. The van der Waals surface area contributed by atoms with Crippen LogP contribution >= 0.6 is 0 Å². The first-order chi connectivity index (χ1) is 16.1. The first kappa shape index (κ1) is 24.4. The van der Waals surface area contributed by atoms with Crippen molar-refractivity contribution in [2.75, 3.05) is 18.0 Å². The third-order valence-corrected chi connectivity index (χ3v) is 5.06. The summed E-state index contributed by atoms with van der Waals surface area (Å²) < 4.78 is 34.2. The van der Waals surface area contributed by atoms with Crippen molar-refractivity contribution < 1.29 is 32.8 Å². The standard InChI is InChI=1S/C20H20F2N6O6/c1-2-14(29)10-6-11(21)17(12(22)7-10)34-20-16(28(32)33)18(25-9-26-20)27-5-3-4-13(27)19(31)24-8-15(23)30/h6-7,9,13H,2-5,8H2,1H3,(H2,23,30)(H,24,31). The number of nitrogens with two attached hydrogens (primary N) is 1. The molecule has 3 N–H and O–H groups in total. The Morgan fingerprint density at radius 3 is 2.56 bits per heavy atom. The molecule has 14 heteroatoms. The summed E-state index contributed by atoms with van der Waals surface area (Å²) in [6.07, 6.45) is 1.68. The Balaban J connectivity index is 1.98. The van der Waals surface area contributed by atoms with Gasteiger partial charge in [-0.15, -0.1) is 0 Å². The first-order valence-electron chi connectivity index (χ1n) is 10.2. The Morgan fingerprint density at radius 1 is 1.29 bits per heavy atom. The highest BCUT2D eigenvalue weighted by molar-refractivity contribution is 5.96. The molecule has 1 aromatic heterocycles. The Morgan fingerprint density at radius 2 is 1.97 bits per heavy atom. The lowest BCUT2D eigenvalue weighted by Crippen LogP contribution is -2.46. The maximum absolute atomic E-state index is 14.5. The summed E-state index contributed by atoms with van der Waals surface area (Å²) in [7, 11) is 0. The third kappa shape index (κ3) is 5.05. The number of carbonyl (C=O) groups is 3. The second-order valence-electron chi connectivity index (χ2n) is 7.29. The van der Waals surface area contributed by atoms with Crippen LogP contribution in [-0.4, -0.2) is 51.6 Å². The molecular weight excluding hydrogens is 458 g/mol. The molecule has 1 unspecified atom stereocenters. The van der Waals surface area contributed by atoms with Crippen LogP contribution in [0.2, 0.25) is 0 Å². The Hall–Kier alpha value is -4.23. The summed E-state index contributed by atoms with van der Waals surface area (Å²) in [5, 5.41) is 14.2. The van der Waals surface area contributed by atoms with Gasteiger partial charge in [0.1, 0.15) is 12.4 Å². The van der Waals surface area contributed by atoms with Gasteiger partial charge >= 0.3 is 11.6 Å². The maximum Gasteiger partial charge on any atom is 0.373 e. The Labute approximate surface area is 191 Å². The van der Waals surface area contributed by atoms with Crippen molar-refractivity contribution >= 4 is 29.1 Å². The molecule has 2 heterocycles. The molecule has 0 radical (unpaired) electrons. The topological polar surface area (TPSA) is 171 Å². The molecular formula is C20H20F2N6O6. The third-order valence-electron chi connectivity index (χ3n) is 5.06. The summed E-state index contributed by atoms with van der Waals surface area (Å²) in [5.74, 6) is -6.42. The molecule has 180 valence electrons. The van der Waals surface area contributed by atoms with E-state index >= 15 is 0 Å². The van der Waals surface area contributed by atoms with Gasteiger partial charge in [-0.1, -0.05) is 6.92 Å². The fourth-order valence-corrected chi connectivity index (χ4v) is 3.50. The zero-order chi connectivity index (χ0) is 25.0. The van der Waals surface area contributed by atoms with Crippen molar-refractivity contribution in [1.82, 2.24) is 15.3 Å². The molecule has 1 atom stereocenters. The summed E-state index contributed by atoms with van der Waals surface area (Å²) in [5.41, 5.74) is 3.99. The number of nitro groups is 1. The molecule has 2 amide bonds. The predicted octanol–water partition coefficient (Wildman–Crippen LogP) is 1.62. The minimum Gasteiger partial charge on any atom is -0.427 e. The number of ketones is 1. The van der Waals surface area contributed by atoms with Gasteiger partial charge in [0.05, 0.1) is 11.5 Å². The summed E-state index contributed by atoms with van der Waals surface area (Å²) in [6, 6.07) is 0.615. The molecule has 1 aliphatic rings. The first-order valence-corrected chi connectivity index (χ1v) is 10.2. The number of anilines is 1. The van der Waals surface area contributed by atoms with Crippen LogP contribution in [-0.2, 0) is 9.59 Å². The molecule has 34 heavy (non-hydrogen) atoms. The van der Waals surface area contributed by atoms with Crippen LogP contribution in [0.25, 0.3) is 0 Å². The van der Waals surface area contributed by atoms with Crippen molar-refractivity contribution in [3.05, 3.63) is 45.8 Å². The smallest absolute Gasteiger partial charge is 0.373 e. The fraction of sp³-hybridized carbons (Fsp3) is 0.350. The van der Waals surface area contributed by atoms with Gasteiger partial charge in [-0.25, -0.2) is 13.8 Å². The molecule has 0 bridgehead atoms. The normalized spacial score (nSPS) is 15.1. The van der Waals surface area contributed by atoms with E-state index in [-0.39, 0.29) is 24.3 Å². The highest BCUT2D eigenvalue weighted by Crippen LogP contribution is 2.40. The predicted molar refractivity (Wildman–Crippen MR) is 112 cm³/mol. The second kappa shape index (κ2) is 10.1. The highest BCUT2D eigenvalue weighted by atomic mass is 19.1. The number of primary amides is 1. The number of nitrogens with zero attached hydrogens (tertiary/aromatic N) is 4. The van der Waals surface area contributed by atoms with Crippen molar-refractivity contribution in [3.63, 3.8) is 0 Å². The lowest BCUT2D eigenvalue weighted by molar-refractivity contribution is -0.385. The lowest BCUT2D eigenvalue weighted by Gasteiger charge is -2.24. The van der Waals surface area contributed by atoms with Crippen LogP contribution in [0.5, 0.6) is 11.6 Å². The number of aromatic nitrogens is 2. The van der Waals surface area contributed by atoms with E-state index < -0.39 is 64.1 Å². The maximum atomic E-state index is 14.5. The number of rotatable bonds is 9. The minimum atomic E-state index is -1.25. The molecule has 1 fully saturated rings. The number of carbonyl (C=O) groups excluding carboxylic acids is 3. The van der Waals surface area contributed by atoms with Crippen LogP contribution in [0.4, 0.5) is 20.3 Å². The average Bonchev–Trinajstić information content (AvgIpc) is 3.28. The summed E-state index contributed by atoms with van der Waals surface area (Å²) in [6.45, 7) is 1.30. The molecule has 3 rings (SSSR count). The van der Waals surface area contributed by atoms with Gasteiger partial charge in [0, 0.05) is 18.5 Å². The number of hydrogen-bond donors (Lipinski definition) is 2. The van der Waals surface area contributed by atoms with Crippen molar-refractivity contribution in [2.45, 2.75) is 32.2 Å². The summed E-state index contributed by atoms with van der Waals surface area (Å²) in [4.78, 5) is 55.0. The number of amides is 2. The van der Waals surface area contributed by atoms with Gasteiger partial charge in [-0.05, 0) is 25.0 Å². The van der Waals surface area contributed by atoms with Gasteiger partial charge in [0.15, 0.2) is 17.4 Å². The van der Waals surface area contributed by atoms with E-state index in [0.717, 1.165) is 18.5 Å². The van der Waals surface area contributed by atoms with Gasteiger partial charge in [-0.3, -0.25) is 24.5 Å². The highest BCUT2D eigenvalue weighted by Gasteiger charge is 2.38. The van der Waals surface area contributed by atoms with Crippen LogP contribution < -0.4 is 20.7 Å². The van der Waals surface area contributed by atoms with Gasteiger partial charge in [0.2, 0.25) is 23.4 Å². The number of hydrogen-bond acceptors (Lipinski definition) is 9. The largest absolute Gasteiger partial charge is 0.427 e. The van der Waals surface area contributed by atoms with Gasteiger partial charge in [-0.2, -0.15) is 4.98 Å². The van der Waals surface area contributed by atoms with Crippen LogP contribution in [0, 0.1) is 21.7 Å². The minimum absolute atomic E-state index is 0.0177. The monoisotopic (exact) mass is 478 g/mol. The van der Waals surface area contributed by atoms with Crippen molar-refractivity contribution in [1.29, 1.82) is 0 Å². The molecule has 0 spiro atoms. The fourth-order valence-electron chi connectivity index (χ4n) is 3.50. The molecule has 0 aliphatic carbocycles. The number of halogens is 2. The number of nitrogens with one attached hydrogen (secondary N) is 1. The second-order valence-corrected chi connectivity index (χ2v) is 7.29. The van der Waals surface area contributed by atoms with Gasteiger partial charge < -0.3 is 20.7 Å². The number of Topliss-reactive ketones (excluding diaryl/α,β-unsaturated/α-hetero) is 1. The average molecular weight is 478 g/mol. The van der Waals surface area contributed by atoms with Crippen molar-refractivity contribution in [2.24, 2.45) is 5.73 Å². The van der Waals surface area contributed by atoms with E-state index in [1.54, 1.807) is 0 Å². The van der Waals surface area contributed by atoms with Crippen LogP contribution in [0.15, 0.2) is 18.5 Å². The Kier molecular flexibility index (Phi) is 7.28. The van der Waals surface area contributed by atoms with E-state index in [2.05, 4.69) is 15.3 Å². The van der Waals surface area contributed by atoms with Crippen LogP contribution in [0.1, 0.15) is 36.5 Å². The SMILES string of the molecule is CCC(=O)c1cc(F)c(Oc2ncnc(N3CCCC3C(=O)NCC(N)=O)c2[N+](=O)[O-])c(F)c1. The van der Waals surface area contributed by atoms with E-state index in [1.165, 1.54) is 11.8 Å². The molecule has 1 aliphatic heterocycles. The lowest BCUT2D eigenvalue weighted by atomic mass is 10.1. The number of benzene rings is 1. The number of ether oxygens (including phenoxy) is 1. The quantitative estimate of drug-likeness (QED) is 0.309. The molecule has 2 aromatic rings. The zero-order valence-corrected chi connectivity index (χ0v) is 17.9. The van der Waals surface area contributed by atoms with Crippen molar-refractivity contribution in [3.8, 4) is 11.6 Å². The van der Waals surface area contributed by atoms with E-state index in [1.807, 2.05) is 0 Å². The summed E-state index contributed by atoms with van der Waals surface area (Å²) >= 11 is 0. The molecule has 12 nitrogen and oxygen atoms in total. The van der Waals surface area contributed by atoms with E-state index in [4.69, 9.17) is 10.5 Å². The Bertz CT molecular complexity index is 1140. The van der Waals surface area contributed by atoms with E-state index in [9.17, 15) is 33.3 Å². The molecule has 1 saturated heterocycles.